The van der Waals surface area contributed by atoms with Gasteiger partial charge in [-0.25, -0.2) is 14.4 Å². The number of carbonyl (C=O) groups excluding carboxylic acids is 1. The number of amides is 1. The first-order valence-electron chi connectivity index (χ1n) is 9.07. The smallest absolute Gasteiger partial charge is 0.275 e. The van der Waals surface area contributed by atoms with E-state index in [1.807, 2.05) is 6.92 Å². The second-order valence-corrected chi connectivity index (χ2v) is 8.22. The lowest BCUT2D eigenvalue weighted by molar-refractivity contribution is -0.106. The Morgan fingerprint density at radius 1 is 1.48 bits per heavy atom. The van der Waals surface area contributed by atoms with Crippen LogP contribution in [0.1, 0.15) is 29.4 Å². The third-order valence-corrected chi connectivity index (χ3v) is 6.17. The number of halogens is 1. The summed E-state index contributed by atoms with van der Waals surface area (Å²) in [4.78, 5) is 34.2. The number of aromatic amines is 1. The van der Waals surface area contributed by atoms with Gasteiger partial charge in [-0.1, -0.05) is 23.9 Å². The van der Waals surface area contributed by atoms with Gasteiger partial charge in [0.15, 0.2) is 10.8 Å². The van der Waals surface area contributed by atoms with Crippen LogP contribution in [-0.2, 0) is 10.3 Å². The molecule has 1 aromatic carbocycles. The summed E-state index contributed by atoms with van der Waals surface area (Å²) in [6, 6.07) is 6.82. The topological polar surface area (TPSA) is 122 Å². The Balaban J connectivity index is 1.68. The highest BCUT2D eigenvalue weighted by Gasteiger charge is 2.59. The van der Waals surface area contributed by atoms with Crippen LogP contribution in [0.5, 0.6) is 0 Å². The molecule has 1 saturated heterocycles. The highest BCUT2D eigenvalue weighted by molar-refractivity contribution is 8.13. The molecule has 3 heterocycles. The Labute approximate surface area is 170 Å². The van der Waals surface area contributed by atoms with Gasteiger partial charge >= 0.3 is 0 Å². The van der Waals surface area contributed by atoms with Gasteiger partial charge < -0.3 is 20.8 Å². The van der Waals surface area contributed by atoms with Gasteiger partial charge in [0.05, 0.1) is 18.9 Å². The van der Waals surface area contributed by atoms with Gasteiger partial charge in [0.25, 0.3) is 11.5 Å². The van der Waals surface area contributed by atoms with Crippen LogP contribution in [0.3, 0.4) is 0 Å². The maximum Gasteiger partial charge on any atom is 0.275 e. The molecule has 29 heavy (non-hydrogen) atoms. The number of aliphatic imine (C=N–C) groups is 1. The summed E-state index contributed by atoms with van der Waals surface area (Å²) >= 11 is 1.20. The van der Waals surface area contributed by atoms with Crippen LogP contribution in [0.4, 0.5) is 10.1 Å². The van der Waals surface area contributed by atoms with Crippen molar-refractivity contribution in [2.45, 2.75) is 30.7 Å². The van der Waals surface area contributed by atoms with Crippen LogP contribution in [0, 0.1) is 0 Å². The summed E-state index contributed by atoms with van der Waals surface area (Å²) in [7, 11) is 0. The maximum atomic E-state index is 16.1. The molecule has 0 spiro atoms. The normalized spacial score (nSPS) is 28.9. The molecular formula is C19H20FN5O3S. The number of hydrogen-bond donors (Lipinski definition) is 3. The number of H-pyrrole nitrogens is 1. The molecule has 2 aliphatic rings. The number of benzene rings is 1. The predicted molar refractivity (Wildman–Crippen MR) is 109 cm³/mol. The summed E-state index contributed by atoms with van der Waals surface area (Å²) < 4.78 is 21.9. The molecule has 0 saturated carbocycles. The van der Waals surface area contributed by atoms with E-state index in [0.717, 1.165) is 6.20 Å². The number of nitrogens with two attached hydrogens (primary N) is 1. The largest absolute Gasteiger partial charge is 0.379 e. The molecule has 0 unspecified atom stereocenters. The minimum absolute atomic E-state index is 0.0548. The average Bonchev–Trinajstić information content (AvgIpc) is 2.69. The molecular weight excluding hydrogens is 397 g/mol. The quantitative estimate of drug-likeness (QED) is 0.700. The van der Waals surface area contributed by atoms with E-state index in [1.165, 1.54) is 18.0 Å². The molecule has 8 nitrogen and oxygen atoms in total. The van der Waals surface area contributed by atoms with E-state index in [4.69, 9.17) is 10.5 Å². The van der Waals surface area contributed by atoms with Gasteiger partial charge in [-0.05, 0) is 24.6 Å². The van der Waals surface area contributed by atoms with E-state index in [2.05, 4.69) is 20.3 Å². The molecule has 2 aliphatic heterocycles. The lowest BCUT2D eigenvalue weighted by atomic mass is 9.73. The van der Waals surface area contributed by atoms with Crippen LogP contribution in [0.25, 0.3) is 0 Å². The number of rotatable bonds is 3. The molecule has 0 bridgehead atoms. The van der Waals surface area contributed by atoms with Crippen molar-refractivity contribution in [3.8, 4) is 0 Å². The molecule has 4 rings (SSSR count). The number of nitrogens with one attached hydrogen (secondary N) is 2. The fraction of sp³-hybridized carbons (Fsp3) is 0.368. The molecule has 1 aromatic heterocycles. The Morgan fingerprint density at radius 2 is 2.31 bits per heavy atom. The van der Waals surface area contributed by atoms with Crippen molar-refractivity contribution in [3.63, 3.8) is 0 Å². The minimum Gasteiger partial charge on any atom is -0.379 e. The number of carbonyl (C=O) groups is 1. The number of ether oxygens (including phenoxy) is 1. The molecule has 0 aliphatic carbocycles. The molecule has 0 radical (unpaired) electrons. The zero-order chi connectivity index (χ0) is 20.6. The molecule has 3 atom stereocenters. The van der Waals surface area contributed by atoms with E-state index in [1.54, 1.807) is 24.3 Å². The Morgan fingerprint density at radius 3 is 3.07 bits per heavy atom. The molecule has 1 fully saturated rings. The van der Waals surface area contributed by atoms with Gasteiger partial charge in [0, 0.05) is 24.1 Å². The van der Waals surface area contributed by atoms with Crippen molar-refractivity contribution in [1.29, 1.82) is 0 Å². The van der Waals surface area contributed by atoms with E-state index < -0.39 is 22.7 Å². The van der Waals surface area contributed by atoms with Crippen LogP contribution in [-0.4, -0.2) is 45.2 Å². The minimum atomic E-state index is -1.62. The lowest BCUT2D eigenvalue weighted by Crippen LogP contribution is -2.60. The molecule has 152 valence electrons. The van der Waals surface area contributed by atoms with Crippen molar-refractivity contribution < 1.29 is 13.9 Å². The Hall–Kier alpha value is -2.72. The zero-order valence-electron chi connectivity index (χ0n) is 15.6. The summed E-state index contributed by atoms with van der Waals surface area (Å²) in [6.07, 6.45) is 2.23. The summed E-state index contributed by atoms with van der Waals surface area (Å²) in [6.45, 7) is 1.90. The van der Waals surface area contributed by atoms with Crippen LogP contribution in [0.15, 0.2) is 46.4 Å². The first-order valence-corrected chi connectivity index (χ1v) is 10.1. The van der Waals surface area contributed by atoms with Crippen molar-refractivity contribution in [2.75, 3.05) is 17.7 Å². The molecule has 10 heteroatoms. The van der Waals surface area contributed by atoms with E-state index >= 15 is 4.39 Å². The number of thioether (sulfide) groups is 1. The fourth-order valence-electron chi connectivity index (χ4n) is 3.72. The second kappa shape index (κ2) is 7.27. The standard InChI is InChI=1S/C19H20FN5O3S/c1-11-6-18(20)10-29-17(21)25-19(18,9-28-11)12-3-2-4-13(5-12)24-16(27)14-7-23-15(26)8-22-14/h2-5,7-8,11H,6,9-10H2,1H3,(H2,21,25)(H,23,26)(H,24,27)/t11-,18+,19+/m0/s1. The third-order valence-electron chi connectivity index (χ3n) is 5.18. The fourth-order valence-corrected chi connectivity index (χ4v) is 4.67. The van der Waals surface area contributed by atoms with Gasteiger partial charge in [-0.3, -0.25) is 9.59 Å². The first kappa shape index (κ1) is 19.6. The number of anilines is 1. The average molecular weight is 417 g/mol. The van der Waals surface area contributed by atoms with Crippen LogP contribution in [0.2, 0.25) is 0 Å². The monoisotopic (exact) mass is 417 g/mol. The number of hydrogen-bond acceptors (Lipinski definition) is 7. The second-order valence-electron chi connectivity index (χ2n) is 7.22. The summed E-state index contributed by atoms with van der Waals surface area (Å²) in [5, 5.41) is 3.02. The Kier molecular flexibility index (Phi) is 4.91. The van der Waals surface area contributed by atoms with E-state index in [0.29, 0.717) is 16.4 Å². The maximum absolute atomic E-state index is 16.1. The van der Waals surface area contributed by atoms with Crippen molar-refractivity contribution in [1.82, 2.24) is 9.97 Å². The van der Waals surface area contributed by atoms with Gasteiger partial charge in [-0.2, -0.15) is 0 Å². The summed E-state index contributed by atoms with van der Waals surface area (Å²) in [5.74, 6) is -0.313. The van der Waals surface area contributed by atoms with Crippen LogP contribution >= 0.6 is 11.8 Å². The summed E-state index contributed by atoms with van der Waals surface area (Å²) in [5.41, 5.74) is 3.72. The SMILES string of the molecule is C[C@H]1C[C@@]2(F)CSC(N)=N[C@@]2(c2cccc(NC(=O)c3c[nH]c(=O)cn3)c2)CO1. The van der Waals surface area contributed by atoms with Crippen molar-refractivity contribution in [3.05, 3.63) is 58.3 Å². The third kappa shape index (κ3) is 3.53. The molecule has 2 aromatic rings. The van der Waals surface area contributed by atoms with E-state index in [-0.39, 0.29) is 30.6 Å². The van der Waals surface area contributed by atoms with Gasteiger partial charge in [0.1, 0.15) is 11.2 Å². The number of aromatic nitrogens is 2. The molecule has 1 amide bonds. The molecule has 4 N–H and O–H groups in total. The lowest BCUT2D eigenvalue weighted by Gasteiger charge is -2.49. The zero-order valence-corrected chi connectivity index (χ0v) is 16.5. The predicted octanol–water partition coefficient (Wildman–Crippen LogP) is 1.80. The van der Waals surface area contributed by atoms with Crippen molar-refractivity contribution in [2.24, 2.45) is 10.7 Å². The first-order chi connectivity index (χ1) is 13.8. The number of alkyl halides is 1. The van der Waals surface area contributed by atoms with Gasteiger partial charge in [0.2, 0.25) is 0 Å². The van der Waals surface area contributed by atoms with Crippen molar-refractivity contribution >= 4 is 28.5 Å². The number of amidine groups is 1. The van der Waals surface area contributed by atoms with Crippen LogP contribution < -0.4 is 16.6 Å². The van der Waals surface area contributed by atoms with E-state index in [9.17, 15) is 9.59 Å². The highest BCUT2D eigenvalue weighted by atomic mass is 32.2. The number of nitrogens with zero attached hydrogens (tertiary/aromatic N) is 2. The Bertz CT molecular complexity index is 1020. The number of fused-ring (bicyclic) bond motifs is 1. The van der Waals surface area contributed by atoms with Gasteiger partial charge in [-0.15, -0.1) is 0 Å². The highest BCUT2D eigenvalue weighted by Crippen LogP contribution is 2.51.